The van der Waals surface area contributed by atoms with E-state index in [1.807, 2.05) is 6.92 Å². The average Bonchev–Trinajstić information content (AvgIpc) is 3.29. The van der Waals surface area contributed by atoms with Gasteiger partial charge in [-0.1, -0.05) is 48.0 Å². The molecule has 13 heteroatoms. The van der Waals surface area contributed by atoms with E-state index in [-0.39, 0.29) is 37.4 Å². The van der Waals surface area contributed by atoms with Gasteiger partial charge in [0.2, 0.25) is 9.84 Å². The average molecular weight is 600 g/mol. The molecule has 42 heavy (non-hydrogen) atoms. The van der Waals surface area contributed by atoms with Crippen molar-refractivity contribution in [3.05, 3.63) is 119 Å². The van der Waals surface area contributed by atoms with E-state index in [4.69, 9.17) is 4.98 Å². The molecule has 11 nitrogen and oxygen atoms in total. The number of rotatable bonds is 7. The summed E-state index contributed by atoms with van der Waals surface area (Å²) in [5.74, 6) is -0.301. The van der Waals surface area contributed by atoms with Gasteiger partial charge in [-0.05, 0) is 55.5 Å². The summed E-state index contributed by atoms with van der Waals surface area (Å²) in [5, 5.41) is 11.1. The first-order valence-corrected chi connectivity index (χ1v) is 15.5. The van der Waals surface area contributed by atoms with E-state index in [0.717, 1.165) is 29.8 Å². The number of benzene rings is 4. The molecule has 1 N–H and O–H groups in total. The quantitative estimate of drug-likeness (QED) is 0.188. The normalized spacial score (nSPS) is 12.0. The summed E-state index contributed by atoms with van der Waals surface area (Å²) in [7, 11) is -8.85. The molecule has 0 fully saturated rings. The summed E-state index contributed by atoms with van der Waals surface area (Å²) in [6, 6.07) is 25.9. The second-order valence-corrected chi connectivity index (χ2v) is 13.0. The summed E-state index contributed by atoms with van der Waals surface area (Å²) in [5.41, 5.74) is 1.95. The van der Waals surface area contributed by atoms with E-state index in [2.05, 4.69) is 9.71 Å². The molecule has 0 amide bonds. The van der Waals surface area contributed by atoms with Gasteiger partial charge in [-0.15, -0.1) is 0 Å². The van der Waals surface area contributed by atoms with Gasteiger partial charge in [0.15, 0.2) is 5.65 Å². The van der Waals surface area contributed by atoms with Crippen molar-refractivity contribution in [3.8, 4) is 5.69 Å². The standard InChI is InChI=1S/C29H21N5O6S2/c1-19-11-15-22(16-12-19)41(37,38)27-26-28(31-25-10-6-5-9-24(25)30-26)33(20-7-3-2-4-8-20)29(27)32-42(39,40)23-17-13-21(14-18-23)34(35)36/h2-18,32H,1H3. The zero-order valence-corrected chi connectivity index (χ0v) is 23.5. The number of non-ortho nitro benzene ring substituents is 1. The number of para-hydroxylation sites is 3. The number of nitro groups is 1. The van der Waals surface area contributed by atoms with Crippen LogP contribution in [0, 0.1) is 17.0 Å². The molecule has 0 aliphatic heterocycles. The fourth-order valence-corrected chi connectivity index (χ4v) is 7.21. The predicted octanol–water partition coefficient (Wildman–Crippen LogP) is 5.42. The number of sulfone groups is 1. The van der Waals surface area contributed by atoms with Gasteiger partial charge in [-0.3, -0.25) is 19.4 Å². The molecular weight excluding hydrogens is 578 g/mol. The highest BCUT2D eigenvalue weighted by Crippen LogP contribution is 2.40. The molecule has 0 unspecified atom stereocenters. The largest absolute Gasteiger partial charge is 0.277 e. The number of fused-ring (bicyclic) bond motifs is 2. The molecule has 0 spiro atoms. The lowest BCUT2D eigenvalue weighted by Crippen LogP contribution is -2.18. The fourth-order valence-electron chi connectivity index (χ4n) is 4.56. The zero-order valence-electron chi connectivity index (χ0n) is 21.9. The Morgan fingerprint density at radius 3 is 1.93 bits per heavy atom. The van der Waals surface area contributed by atoms with Crippen molar-refractivity contribution < 1.29 is 21.8 Å². The van der Waals surface area contributed by atoms with Gasteiger partial charge in [0.05, 0.1) is 25.7 Å². The van der Waals surface area contributed by atoms with E-state index < -0.39 is 24.8 Å². The molecule has 4 aromatic carbocycles. The number of aryl methyl sites for hydroxylation is 1. The Bertz CT molecular complexity index is 2220. The maximum Gasteiger partial charge on any atom is 0.269 e. The minimum atomic E-state index is -4.47. The summed E-state index contributed by atoms with van der Waals surface area (Å²) >= 11 is 0. The van der Waals surface area contributed by atoms with Crippen LogP contribution in [-0.4, -0.2) is 36.3 Å². The number of nitrogens with one attached hydrogen (secondary N) is 1. The molecule has 0 aliphatic carbocycles. The van der Waals surface area contributed by atoms with Crippen LogP contribution in [0.4, 0.5) is 11.5 Å². The molecule has 0 saturated carbocycles. The third-order valence-corrected chi connectivity index (χ3v) is 9.79. The van der Waals surface area contributed by atoms with Crippen molar-refractivity contribution in [1.29, 1.82) is 0 Å². The van der Waals surface area contributed by atoms with Crippen LogP contribution in [0.5, 0.6) is 0 Å². The third-order valence-electron chi connectivity index (χ3n) is 6.62. The Kier molecular flexibility index (Phi) is 6.47. The topological polar surface area (TPSA) is 154 Å². The second-order valence-electron chi connectivity index (χ2n) is 9.41. The smallest absolute Gasteiger partial charge is 0.269 e. The maximum atomic E-state index is 14.3. The van der Waals surface area contributed by atoms with Crippen molar-refractivity contribution in [2.75, 3.05) is 4.72 Å². The van der Waals surface area contributed by atoms with Gasteiger partial charge in [0.1, 0.15) is 16.2 Å². The molecule has 0 saturated heterocycles. The van der Waals surface area contributed by atoms with Crippen LogP contribution in [0.2, 0.25) is 0 Å². The van der Waals surface area contributed by atoms with Gasteiger partial charge >= 0.3 is 0 Å². The van der Waals surface area contributed by atoms with Crippen LogP contribution >= 0.6 is 0 Å². The number of sulfonamides is 1. The van der Waals surface area contributed by atoms with Gasteiger partial charge in [-0.25, -0.2) is 26.8 Å². The molecular formula is C29H21N5O6S2. The van der Waals surface area contributed by atoms with E-state index in [1.54, 1.807) is 66.7 Å². The number of hydrogen-bond donors (Lipinski definition) is 1. The summed E-state index contributed by atoms with van der Waals surface area (Å²) in [6.45, 7) is 1.82. The lowest BCUT2D eigenvalue weighted by molar-refractivity contribution is -0.384. The Balaban J connectivity index is 1.70. The van der Waals surface area contributed by atoms with E-state index in [0.29, 0.717) is 16.7 Å². The minimum Gasteiger partial charge on any atom is -0.277 e. The van der Waals surface area contributed by atoms with Gasteiger partial charge in [0, 0.05) is 17.8 Å². The summed E-state index contributed by atoms with van der Waals surface area (Å²) < 4.78 is 59.9. The number of nitrogens with zero attached hydrogens (tertiary/aromatic N) is 4. The molecule has 210 valence electrons. The lowest BCUT2D eigenvalue weighted by Gasteiger charge is -2.14. The first-order chi connectivity index (χ1) is 20.1. The van der Waals surface area contributed by atoms with Crippen LogP contribution in [-0.2, 0) is 19.9 Å². The Morgan fingerprint density at radius 1 is 0.738 bits per heavy atom. The summed E-state index contributed by atoms with van der Waals surface area (Å²) in [4.78, 5) is 19.1. The lowest BCUT2D eigenvalue weighted by atomic mass is 10.2. The van der Waals surface area contributed by atoms with E-state index >= 15 is 0 Å². The van der Waals surface area contributed by atoms with E-state index in [1.165, 1.54) is 16.7 Å². The van der Waals surface area contributed by atoms with Crippen molar-refractivity contribution >= 4 is 53.6 Å². The van der Waals surface area contributed by atoms with Gasteiger partial charge < -0.3 is 0 Å². The maximum absolute atomic E-state index is 14.3. The van der Waals surface area contributed by atoms with Gasteiger partial charge in [-0.2, -0.15) is 0 Å². The van der Waals surface area contributed by atoms with Crippen LogP contribution < -0.4 is 4.72 Å². The van der Waals surface area contributed by atoms with Crippen LogP contribution in [0.3, 0.4) is 0 Å². The Hall–Kier alpha value is -5.14. The number of hydrogen-bond acceptors (Lipinski definition) is 8. The SMILES string of the molecule is Cc1ccc(S(=O)(=O)c2c(NS(=O)(=O)c3ccc([N+](=O)[O-])cc3)n(-c3ccccc3)c3nc4ccccc4nc23)cc1. The Labute approximate surface area is 240 Å². The molecule has 2 heterocycles. The van der Waals surface area contributed by atoms with Crippen LogP contribution in [0.15, 0.2) is 118 Å². The van der Waals surface area contributed by atoms with Crippen LogP contribution in [0.1, 0.15) is 5.56 Å². The first-order valence-electron chi connectivity index (χ1n) is 12.5. The fraction of sp³-hybridized carbons (Fsp3) is 0.0345. The molecule has 0 aliphatic rings. The molecule has 0 atom stereocenters. The van der Waals surface area contributed by atoms with Crippen molar-refractivity contribution in [2.45, 2.75) is 21.6 Å². The second kappa shape index (κ2) is 10.0. The summed E-state index contributed by atoms with van der Waals surface area (Å²) in [6.07, 6.45) is 0. The first kappa shape index (κ1) is 27.1. The third kappa shape index (κ3) is 4.63. The zero-order chi connectivity index (χ0) is 29.6. The van der Waals surface area contributed by atoms with E-state index in [9.17, 15) is 26.9 Å². The van der Waals surface area contributed by atoms with Crippen LogP contribution in [0.25, 0.3) is 27.9 Å². The van der Waals surface area contributed by atoms with Crippen molar-refractivity contribution in [1.82, 2.24) is 14.5 Å². The van der Waals surface area contributed by atoms with Crippen molar-refractivity contribution in [3.63, 3.8) is 0 Å². The molecule has 2 aromatic heterocycles. The molecule has 6 rings (SSSR count). The number of aromatic nitrogens is 3. The minimum absolute atomic E-state index is 0.0282. The Morgan fingerprint density at radius 2 is 1.31 bits per heavy atom. The highest BCUT2D eigenvalue weighted by atomic mass is 32.2. The number of anilines is 1. The molecule has 0 bridgehead atoms. The highest BCUT2D eigenvalue weighted by Gasteiger charge is 2.34. The predicted molar refractivity (Wildman–Crippen MR) is 157 cm³/mol. The monoisotopic (exact) mass is 599 g/mol. The highest BCUT2D eigenvalue weighted by molar-refractivity contribution is 7.93. The number of nitro benzene ring substituents is 1. The molecule has 0 radical (unpaired) electrons. The van der Waals surface area contributed by atoms with Gasteiger partial charge in [0.25, 0.3) is 15.7 Å². The van der Waals surface area contributed by atoms with Crippen molar-refractivity contribution in [2.24, 2.45) is 0 Å². The molecule has 6 aromatic rings.